The van der Waals surface area contributed by atoms with Crippen molar-refractivity contribution in [3.8, 4) is 0 Å². The molecule has 1 heteroatoms. The minimum atomic E-state index is 0.973. The number of nitrogens with zero attached hydrogens (tertiary/aromatic N) is 1. The largest absolute Gasteiger partial charge is 0.248 e. The standard InChI is InChI=1S/C25H17N/c1-4-10-22-19(8-1)17-20-9-2-5-11-23(20)24(22)16-15-21-14-13-18-7-3-6-12-25(18)26-21/h1-17H/b16-15+. The zero-order valence-electron chi connectivity index (χ0n) is 14.3. The maximum Gasteiger partial charge on any atom is 0.0709 e. The second kappa shape index (κ2) is 6.12. The summed E-state index contributed by atoms with van der Waals surface area (Å²) < 4.78 is 0. The van der Waals surface area contributed by atoms with Gasteiger partial charge in [-0.15, -0.1) is 0 Å². The Morgan fingerprint density at radius 1 is 0.538 bits per heavy atom. The Hall–Kier alpha value is -3.45. The first-order valence-electron chi connectivity index (χ1n) is 8.83. The lowest BCUT2D eigenvalue weighted by atomic mass is 9.96. The van der Waals surface area contributed by atoms with Gasteiger partial charge >= 0.3 is 0 Å². The van der Waals surface area contributed by atoms with Crippen LogP contribution in [0.5, 0.6) is 0 Å². The highest BCUT2D eigenvalue weighted by molar-refractivity contribution is 6.07. The van der Waals surface area contributed by atoms with Crippen LogP contribution in [0.3, 0.4) is 0 Å². The zero-order valence-corrected chi connectivity index (χ0v) is 14.3. The van der Waals surface area contributed by atoms with E-state index in [4.69, 9.17) is 4.98 Å². The fraction of sp³-hybridized carbons (Fsp3) is 0. The van der Waals surface area contributed by atoms with Crippen molar-refractivity contribution in [2.45, 2.75) is 0 Å². The quantitative estimate of drug-likeness (QED) is 0.327. The molecule has 1 nitrogen and oxygen atoms in total. The third-order valence-electron chi connectivity index (χ3n) is 4.85. The second-order valence-electron chi connectivity index (χ2n) is 6.49. The van der Waals surface area contributed by atoms with Gasteiger partial charge in [-0.1, -0.05) is 78.9 Å². The first kappa shape index (κ1) is 14.9. The molecule has 0 aliphatic carbocycles. The van der Waals surface area contributed by atoms with Crippen molar-refractivity contribution in [1.82, 2.24) is 4.98 Å². The fourth-order valence-corrected chi connectivity index (χ4v) is 3.57. The van der Waals surface area contributed by atoms with Crippen molar-refractivity contribution in [3.05, 3.63) is 102 Å². The number of aromatic nitrogens is 1. The summed E-state index contributed by atoms with van der Waals surface area (Å²) in [7, 11) is 0. The van der Waals surface area contributed by atoms with E-state index in [1.807, 2.05) is 12.1 Å². The number of hydrogen-bond acceptors (Lipinski definition) is 1. The van der Waals surface area contributed by atoms with E-state index in [0.717, 1.165) is 11.2 Å². The molecular weight excluding hydrogens is 314 g/mol. The molecule has 5 aromatic rings. The SMILES string of the molecule is C(=C\c1c2ccccc2cc2ccccc12)/c1ccc2ccccc2n1. The Labute approximate surface area is 152 Å². The third-order valence-corrected chi connectivity index (χ3v) is 4.85. The zero-order chi connectivity index (χ0) is 17.3. The van der Waals surface area contributed by atoms with E-state index in [1.165, 1.54) is 32.5 Å². The molecule has 122 valence electrons. The lowest BCUT2D eigenvalue weighted by molar-refractivity contribution is 1.37. The lowest BCUT2D eigenvalue weighted by Crippen LogP contribution is -1.85. The summed E-state index contributed by atoms with van der Waals surface area (Å²) in [5.41, 5.74) is 3.24. The molecule has 0 saturated heterocycles. The molecule has 0 atom stereocenters. The van der Waals surface area contributed by atoms with Gasteiger partial charge in [0.05, 0.1) is 11.2 Å². The minimum absolute atomic E-state index is 0.973. The van der Waals surface area contributed by atoms with Gasteiger partial charge in [-0.3, -0.25) is 0 Å². The van der Waals surface area contributed by atoms with Crippen LogP contribution in [-0.2, 0) is 0 Å². The van der Waals surface area contributed by atoms with Gasteiger partial charge in [0.2, 0.25) is 0 Å². The molecule has 0 bridgehead atoms. The van der Waals surface area contributed by atoms with E-state index in [2.05, 4.69) is 91.0 Å². The van der Waals surface area contributed by atoms with Crippen molar-refractivity contribution >= 4 is 44.6 Å². The summed E-state index contributed by atoms with van der Waals surface area (Å²) in [6.07, 6.45) is 4.31. The molecule has 26 heavy (non-hydrogen) atoms. The van der Waals surface area contributed by atoms with Gasteiger partial charge in [0, 0.05) is 5.39 Å². The molecule has 1 heterocycles. The summed E-state index contributed by atoms with van der Waals surface area (Å²) >= 11 is 0. The molecule has 0 saturated carbocycles. The fourth-order valence-electron chi connectivity index (χ4n) is 3.57. The lowest BCUT2D eigenvalue weighted by Gasteiger charge is -2.08. The molecular formula is C25H17N. The molecule has 0 N–H and O–H groups in total. The Kier molecular flexibility index (Phi) is 3.50. The molecule has 0 spiro atoms. The van der Waals surface area contributed by atoms with Gasteiger partial charge in [-0.2, -0.15) is 0 Å². The highest BCUT2D eigenvalue weighted by Crippen LogP contribution is 2.30. The summed E-state index contributed by atoms with van der Waals surface area (Å²) in [5, 5.41) is 6.22. The van der Waals surface area contributed by atoms with Crippen molar-refractivity contribution in [2.75, 3.05) is 0 Å². The Bertz CT molecular complexity index is 1230. The Balaban J connectivity index is 1.70. The van der Waals surface area contributed by atoms with Crippen LogP contribution in [0.15, 0.2) is 91.0 Å². The number of hydrogen-bond donors (Lipinski definition) is 0. The van der Waals surface area contributed by atoms with E-state index >= 15 is 0 Å². The topological polar surface area (TPSA) is 12.9 Å². The van der Waals surface area contributed by atoms with Crippen molar-refractivity contribution in [1.29, 1.82) is 0 Å². The van der Waals surface area contributed by atoms with E-state index in [0.29, 0.717) is 0 Å². The average molecular weight is 331 g/mol. The number of pyridine rings is 1. The van der Waals surface area contributed by atoms with Gasteiger partial charge in [-0.25, -0.2) is 4.98 Å². The van der Waals surface area contributed by atoms with Crippen LogP contribution in [-0.4, -0.2) is 4.98 Å². The van der Waals surface area contributed by atoms with Crippen LogP contribution >= 0.6 is 0 Å². The van der Waals surface area contributed by atoms with Crippen LogP contribution in [0.1, 0.15) is 11.3 Å². The molecule has 0 aliphatic rings. The maximum atomic E-state index is 4.76. The van der Waals surface area contributed by atoms with Crippen LogP contribution in [0.25, 0.3) is 44.6 Å². The molecule has 4 aromatic carbocycles. The minimum Gasteiger partial charge on any atom is -0.248 e. The average Bonchev–Trinajstić information content (AvgIpc) is 2.71. The summed E-state index contributed by atoms with van der Waals surface area (Å²) in [6.45, 7) is 0. The normalized spacial score (nSPS) is 11.7. The second-order valence-corrected chi connectivity index (χ2v) is 6.49. The van der Waals surface area contributed by atoms with E-state index in [1.54, 1.807) is 0 Å². The smallest absolute Gasteiger partial charge is 0.0709 e. The third kappa shape index (κ3) is 2.55. The van der Waals surface area contributed by atoms with Gasteiger partial charge < -0.3 is 0 Å². The van der Waals surface area contributed by atoms with Crippen LogP contribution < -0.4 is 0 Å². The number of fused-ring (bicyclic) bond motifs is 3. The van der Waals surface area contributed by atoms with E-state index < -0.39 is 0 Å². The summed E-state index contributed by atoms with van der Waals surface area (Å²) in [4.78, 5) is 4.76. The molecule has 0 amide bonds. The highest BCUT2D eigenvalue weighted by Gasteiger charge is 2.05. The Morgan fingerprint density at radius 3 is 1.88 bits per heavy atom. The van der Waals surface area contributed by atoms with Crippen LogP contribution in [0.2, 0.25) is 0 Å². The predicted octanol–water partition coefficient (Wildman–Crippen LogP) is 6.71. The molecule has 0 unspecified atom stereocenters. The molecule has 0 aliphatic heterocycles. The Morgan fingerprint density at radius 2 is 1.15 bits per heavy atom. The molecule has 5 rings (SSSR count). The van der Waals surface area contributed by atoms with Gasteiger partial charge in [0.25, 0.3) is 0 Å². The van der Waals surface area contributed by atoms with Gasteiger partial charge in [0.1, 0.15) is 0 Å². The van der Waals surface area contributed by atoms with Crippen molar-refractivity contribution < 1.29 is 0 Å². The van der Waals surface area contributed by atoms with Crippen LogP contribution in [0.4, 0.5) is 0 Å². The molecule has 0 radical (unpaired) electrons. The summed E-state index contributed by atoms with van der Waals surface area (Å²) in [6, 6.07) is 31.8. The van der Waals surface area contributed by atoms with Crippen molar-refractivity contribution in [2.24, 2.45) is 0 Å². The molecule has 0 fully saturated rings. The highest BCUT2D eigenvalue weighted by atomic mass is 14.7. The monoisotopic (exact) mass is 331 g/mol. The van der Waals surface area contributed by atoms with Crippen LogP contribution in [0, 0.1) is 0 Å². The number of rotatable bonds is 2. The maximum absolute atomic E-state index is 4.76. The van der Waals surface area contributed by atoms with E-state index in [9.17, 15) is 0 Å². The number of para-hydroxylation sites is 1. The van der Waals surface area contributed by atoms with E-state index in [-0.39, 0.29) is 0 Å². The van der Waals surface area contributed by atoms with Gasteiger partial charge in [0.15, 0.2) is 0 Å². The van der Waals surface area contributed by atoms with Crippen molar-refractivity contribution in [3.63, 3.8) is 0 Å². The first-order chi connectivity index (χ1) is 12.9. The first-order valence-corrected chi connectivity index (χ1v) is 8.83. The summed E-state index contributed by atoms with van der Waals surface area (Å²) in [5.74, 6) is 0. The molecule has 1 aromatic heterocycles. The van der Waals surface area contributed by atoms with Gasteiger partial charge in [-0.05, 0) is 51.4 Å². The number of benzene rings is 4. The predicted molar refractivity (Wildman–Crippen MR) is 112 cm³/mol.